The monoisotopic (exact) mass is 432 g/mol. The van der Waals surface area contributed by atoms with Crippen LogP contribution in [0.1, 0.15) is 11.1 Å². The van der Waals surface area contributed by atoms with E-state index in [1.165, 1.54) is 20.0 Å². The summed E-state index contributed by atoms with van der Waals surface area (Å²) in [5.74, 6) is 0.248. The molecular formula is C20H21IN2O. The van der Waals surface area contributed by atoms with E-state index in [0.29, 0.717) is 13.0 Å². The molecule has 0 aliphatic carbocycles. The van der Waals surface area contributed by atoms with Crippen molar-refractivity contribution in [3.8, 4) is 0 Å². The number of carbonyl (C=O) groups is 1. The highest BCUT2D eigenvalue weighted by Gasteiger charge is 2.13. The third kappa shape index (κ3) is 4.05. The molecule has 24 heavy (non-hydrogen) atoms. The highest BCUT2D eigenvalue weighted by molar-refractivity contribution is 14.1. The van der Waals surface area contributed by atoms with E-state index in [4.69, 9.17) is 0 Å². The van der Waals surface area contributed by atoms with Crippen molar-refractivity contribution >= 4 is 39.3 Å². The molecule has 1 heterocycles. The quantitative estimate of drug-likeness (QED) is 0.551. The Morgan fingerprint density at radius 2 is 1.88 bits per heavy atom. The molecule has 0 amide bonds. The zero-order valence-corrected chi connectivity index (χ0v) is 16.2. The summed E-state index contributed by atoms with van der Waals surface area (Å²) in [5, 5.41) is 1.19. The van der Waals surface area contributed by atoms with Crippen molar-refractivity contribution in [2.75, 3.05) is 20.6 Å². The lowest BCUT2D eigenvalue weighted by Gasteiger charge is -2.07. The molecule has 0 spiro atoms. The summed E-state index contributed by atoms with van der Waals surface area (Å²) in [6, 6.07) is 16.9. The summed E-state index contributed by atoms with van der Waals surface area (Å²) in [6.45, 7) is 1.30. The van der Waals surface area contributed by atoms with Crippen molar-refractivity contribution in [3.63, 3.8) is 0 Å². The van der Waals surface area contributed by atoms with Crippen LogP contribution in [-0.2, 0) is 17.8 Å². The SMILES string of the molecule is CN(C)CC(=O)Cc1cn(Cc2ccccc2)c2ccc(I)cc12. The number of benzene rings is 2. The van der Waals surface area contributed by atoms with Gasteiger partial charge in [-0.05, 0) is 66.0 Å². The second kappa shape index (κ2) is 7.49. The van der Waals surface area contributed by atoms with Gasteiger partial charge in [0.25, 0.3) is 0 Å². The molecule has 0 aliphatic rings. The highest BCUT2D eigenvalue weighted by atomic mass is 127. The van der Waals surface area contributed by atoms with Crippen molar-refractivity contribution in [2.45, 2.75) is 13.0 Å². The Kier molecular flexibility index (Phi) is 5.36. The van der Waals surface area contributed by atoms with E-state index in [1.54, 1.807) is 0 Å². The second-order valence-electron chi connectivity index (χ2n) is 6.38. The van der Waals surface area contributed by atoms with Gasteiger partial charge in [0, 0.05) is 33.6 Å². The standard InChI is InChI=1S/C20H21IN2O/c1-22(2)14-18(24)10-16-13-23(12-15-6-4-3-5-7-15)20-9-8-17(21)11-19(16)20/h3-9,11,13H,10,12,14H2,1-2H3. The van der Waals surface area contributed by atoms with E-state index in [-0.39, 0.29) is 5.78 Å². The van der Waals surface area contributed by atoms with Gasteiger partial charge in [0.1, 0.15) is 0 Å². The molecule has 0 radical (unpaired) electrons. The first-order valence-corrected chi connectivity index (χ1v) is 9.08. The van der Waals surface area contributed by atoms with Crippen molar-refractivity contribution in [2.24, 2.45) is 0 Å². The minimum Gasteiger partial charge on any atom is -0.343 e. The second-order valence-corrected chi connectivity index (χ2v) is 7.63. The molecule has 2 aromatic carbocycles. The molecule has 3 aromatic rings. The number of ketones is 1. The first kappa shape index (κ1) is 17.2. The number of hydrogen-bond donors (Lipinski definition) is 0. The van der Waals surface area contributed by atoms with Crippen molar-refractivity contribution < 1.29 is 4.79 Å². The average molecular weight is 432 g/mol. The summed E-state index contributed by atoms with van der Waals surface area (Å²) < 4.78 is 3.44. The van der Waals surface area contributed by atoms with Gasteiger partial charge in [-0.2, -0.15) is 0 Å². The Labute approximate surface area is 156 Å². The third-order valence-electron chi connectivity index (χ3n) is 4.00. The molecule has 0 fully saturated rings. The molecule has 0 saturated heterocycles. The number of halogens is 1. The van der Waals surface area contributed by atoms with E-state index in [2.05, 4.69) is 75.8 Å². The first-order chi connectivity index (χ1) is 11.5. The molecule has 3 rings (SSSR count). The predicted octanol–water partition coefficient (Wildman–Crippen LogP) is 3.97. The number of carbonyl (C=O) groups excluding carboxylic acids is 1. The molecule has 0 saturated carbocycles. The summed E-state index contributed by atoms with van der Waals surface area (Å²) in [6.07, 6.45) is 2.62. The Balaban J connectivity index is 1.96. The average Bonchev–Trinajstić information content (AvgIpc) is 2.84. The molecule has 0 bridgehead atoms. The Morgan fingerprint density at radius 3 is 2.58 bits per heavy atom. The summed E-state index contributed by atoms with van der Waals surface area (Å²) in [7, 11) is 3.86. The van der Waals surface area contributed by atoms with Gasteiger partial charge in [-0.1, -0.05) is 30.3 Å². The fourth-order valence-corrected chi connectivity index (χ4v) is 3.51. The number of fused-ring (bicyclic) bond motifs is 1. The van der Waals surface area contributed by atoms with Crippen LogP contribution in [0.2, 0.25) is 0 Å². The van der Waals surface area contributed by atoms with E-state index >= 15 is 0 Å². The lowest BCUT2D eigenvalue weighted by Crippen LogP contribution is -2.22. The number of Topliss-reactive ketones (excluding diaryl/α,β-unsaturated/α-hetero) is 1. The van der Waals surface area contributed by atoms with Gasteiger partial charge < -0.3 is 9.47 Å². The minimum atomic E-state index is 0.248. The van der Waals surface area contributed by atoms with E-state index in [0.717, 1.165) is 12.1 Å². The van der Waals surface area contributed by atoms with Crippen LogP contribution < -0.4 is 0 Å². The van der Waals surface area contributed by atoms with Crippen LogP contribution in [0.3, 0.4) is 0 Å². The third-order valence-corrected chi connectivity index (χ3v) is 4.67. The summed E-state index contributed by atoms with van der Waals surface area (Å²) in [4.78, 5) is 14.2. The topological polar surface area (TPSA) is 25.2 Å². The van der Waals surface area contributed by atoms with Gasteiger partial charge >= 0.3 is 0 Å². The van der Waals surface area contributed by atoms with Crippen molar-refractivity contribution in [1.82, 2.24) is 9.47 Å². The van der Waals surface area contributed by atoms with Gasteiger partial charge in [0.15, 0.2) is 5.78 Å². The number of likely N-dealkylation sites (N-methyl/N-ethyl adjacent to an activating group) is 1. The normalized spacial score (nSPS) is 11.3. The first-order valence-electron chi connectivity index (χ1n) is 8.00. The lowest BCUT2D eigenvalue weighted by molar-refractivity contribution is -0.119. The lowest BCUT2D eigenvalue weighted by atomic mass is 10.1. The molecule has 0 unspecified atom stereocenters. The van der Waals surface area contributed by atoms with Gasteiger partial charge in [0.05, 0.1) is 6.54 Å². The zero-order chi connectivity index (χ0) is 17.1. The van der Waals surface area contributed by atoms with Crippen LogP contribution in [0.4, 0.5) is 0 Å². The molecule has 124 valence electrons. The van der Waals surface area contributed by atoms with E-state index in [1.807, 2.05) is 25.1 Å². The van der Waals surface area contributed by atoms with Crippen LogP contribution in [0.5, 0.6) is 0 Å². The zero-order valence-electron chi connectivity index (χ0n) is 14.0. The van der Waals surface area contributed by atoms with Crippen molar-refractivity contribution in [1.29, 1.82) is 0 Å². The molecule has 1 aromatic heterocycles. The van der Waals surface area contributed by atoms with E-state index < -0.39 is 0 Å². The fourth-order valence-electron chi connectivity index (χ4n) is 3.02. The predicted molar refractivity (Wildman–Crippen MR) is 107 cm³/mol. The van der Waals surface area contributed by atoms with Crippen LogP contribution in [0.15, 0.2) is 54.7 Å². The largest absolute Gasteiger partial charge is 0.343 e. The van der Waals surface area contributed by atoms with Crippen molar-refractivity contribution in [3.05, 3.63) is 69.4 Å². The van der Waals surface area contributed by atoms with Gasteiger partial charge in [-0.15, -0.1) is 0 Å². The van der Waals surface area contributed by atoms with Gasteiger partial charge in [0.2, 0.25) is 0 Å². The number of hydrogen-bond acceptors (Lipinski definition) is 2. The molecule has 0 N–H and O–H groups in total. The smallest absolute Gasteiger partial charge is 0.151 e. The van der Waals surface area contributed by atoms with Crippen LogP contribution in [0, 0.1) is 3.57 Å². The fraction of sp³-hybridized carbons (Fsp3) is 0.250. The van der Waals surface area contributed by atoms with Crippen LogP contribution in [-0.4, -0.2) is 35.9 Å². The number of aromatic nitrogens is 1. The summed E-state index contributed by atoms with van der Waals surface area (Å²) in [5.41, 5.74) is 3.57. The minimum absolute atomic E-state index is 0.248. The molecule has 0 aliphatic heterocycles. The Hall–Kier alpha value is -1.66. The molecule has 0 atom stereocenters. The van der Waals surface area contributed by atoms with Crippen LogP contribution in [0.25, 0.3) is 10.9 Å². The Bertz CT molecular complexity index is 853. The molecular weight excluding hydrogens is 411 g/mol. The highest BCUT2D eigenvalue weighted by Crippen LogP contribution is 2.25. The summed E-state index contributed by atoms with van der Waals surface area (Å²) >= 11 is 2.33. The maximum absolute atomic E-state index is 12.3. The maximum Gasteiger partial charge on any atom is 0.151 e. The van der Waals surface area contributed by atoms with Crippen LogP contribution >= 0.6 is 22.6 Å². The van der Waals surface area contributed by atoms with Gasteiger partial charge in [-0.25, -0.2) is 0 Å². The number of nitrogens with zero attached hydrogens (tertiary/aromatic N) is 2. The number of rotatable bonds is 6. The van der Waals surface area contributed by atoms with E-state index in [9.17, 15) is 4.79 Å². The molecule has 3 nitrogen and oxygen atoms in total. The van der Waals surface area contributed by atoms with Gasteiger partial charge in [-0.3, -0.25) is 4.79 Å². The Morgan fingerprint density at radius 1 is 1.12 bits per heavy atom. The maximum atomic E-state index is 12.3. The molecule has 4 heteroatoms.